The zero-order valence-corrected chi connectivity index (χ0v) is 12.3. The number of aliphatic hydroxyl groups is 1. The van der Waals surface area contributed by atoms with E-state index in [1.165, 1.54) is 15.3 Å². The van der Waals surface area contributed by atoms with Crippen LogP contribution < -0.4 is 0 Å². The number of hydrogen-bond donors (Lipinski definition) is 1. The van der Waals surface area contributed by atoms with Gasteiger partial charge in [0.25, 0.3) is 0 Å². The summed E-state index contributed by atoms with van der Waals surface area (Å²) in [7, 11) is 0. The summed E-state index contributed by atoms with van der Waals surface area (Å²) in [5.41, 5.74) is 2.32. The number of carbonyl (C=O) groups is 1. The molecule has 1 aromatic carbocycles. The largest absolute Gasteiger partial charge is 0.387 e. The van der Waals surface area contributed by atoms with E-state index in [9.17, 15) is 4.79 Å². The van der Waals surface area contributed by atoms with Gasteiger partial charge in [0.05, 0.1) is 15.2 Å². The van der Waals surface area contributed by atoms with Crippen LogP contribution in [-0.4, -0.2) is 40.6 Å². The van der Waals surface area contributed by atoms with Gasteiger partial charge in [-0.2, -0.15) is 0 Å². The Hall–Kier alpha value is -1.46. The van der Waals surface area contributed by atoms with Gasteiger partial charge in [0.15, 0.2) is 0 Å². The van der Waals surface area contributed by atoms with Gasteiger partial charge in [0.2, 0.25) is 5.91 Å². The Bertz CT molecular complexity index is 630. The molecule has 0 bridgehead atoms. The summed E-state index contributed by atoms with van der Waals surface area (Å²) in [4.78, 5) is 17.9. The zero-order chi connectivity index (χ0) is 14.1. The highest BCUT2D eigenvalue weighted by Crippen LogP contribution is 2.34. The highest BCUT2D eigenvalue weighted by molar-refractivity contribution is 7.18. The number of rotatable bonds is 2. The second-order valence-electron chi connectivity index (χ2n) is 5.34. The summed E-state index contributed by atoms with van der Waals surface area (Å²) in [6.07, 6.45) is 1.87. The number of benzene rings is 1. The van der Waals surface area contributed by atoms with Gasteiger partial charge in [-0.1, -0.05) is 6.07 Å². The first-order valence-corrected chi connectivity index (χ1v) is 7.75. The summed E-state index contributed by atoms with van der Waals surface area (Å²) >= 11 is 1.76. The first-order chi connectivity index (χ1) is 9.67. The monoisotopic (exact) mass is 290 g/mol. The Balaban J connectivity index is 1.75. The molecule has 2 aromatic rings. The third-order valence-electron chi connectivity index (χ3n) is 3.89. The lowest BCUT2D eigenvalue weighted by Crippen LogP contribution is -2.39. The van der Waals surface area contributed by atoms with Crippen molar-refractivity contribution < 1.29 is 9.90 Å². The molecule has 1 aromatic heterocycles. The molecule has 0 radical (unpaired) electrons. The van der Waals surface area contributed by atoms with Crippen molar-refractivity contribution in [1.29, 1.82) is 0 Å². The molecule has 3 rings (SSSR count). The van der Waals surface area contributed by atoms with Gasteiger partial charge in [-0.05, 0) is 37.5 Å². The number of carbonyl (C=O) groups excluding carboxylic acids is 1. The molecule has 1 fully saturated rings. The minimum atomic E-state index is -0.384. The van der Waals surface area contributed by atoms with Crippen LogP contribution in [0.3, 0.4) is 0 Å². The molecule has 0 atom stereocenters. The molecule has 1 aliphatic heterocycles. The number of amides is 1. The number of fused-ring (bicyclic) bond motifs is 1. The summed E-state index contributed by atoms with van der Waals surface area (Å²) in [5.74, 6) is 0.277. The average Bonchev–Trinajstić information content (AvgIpc) is 2.89. The topological polar surface area (TPSA) is 53.4 Å². The third-order valence-corrected chi connectivity index (χ3v) is 5.09. The van der Waals surface area contributed by atoms with E-state index in [-0.39, 0.29) is 12.5 Å². The SMILES string of the molecule is Cc1ccc2sc(C3CCN(C(=O)CO)CC3)nc2c1. The molecule has 1 N–H and O–H groups in total. The van der Waals surface area contributed by atoms with Gasteiger partial charge in [-0.3, -0.25) is 4.79 Å². The predicted octanol–water partition coefficient (Wildman–Crippen LogP) is 2.30. The van der Waals surface area contributed by atoms with E-state index < -0.39 is 0 Å². The van der Waals surface area contributed by atoms with Gasteiger partial charge in [-0.15, -0.1) is 11.3 Å². The Kier molecular flexibility index (Phi) is 3.72. The van der Waals surface area contributed by atoms with Crippen molar-refractivity contribution >= 4 is 27.5 Å². The maximum Gasteiger partial charge on any atom is 0.248 e. The van der Waals surface area contributed by atoms with Crippen molar-refractivity contribution in [3.05, 3.63) is 28.8 Å². The number of likely N-dealkylation sites (tertiary alicyclic amines) is 1. The Morgan fingerprint density at radius 3 is 2.90 bits per heavy atom. The van der Waals surface area contributed by atoms with E-state index in [1.54, 1.807) is 16.2 Å². The number of aliphatic hydroxyl groups excluding tert-OH is 1. The van der Waals surface area contributed by atoms with E-state index in [0.29, 0.717) is 5.92 Å². The molecule has 20 heavy (non-hydrogen) atoms. The van der Waals surface area contributed by atoms with Gasteiger partial charge in [0.1, 0.15) is 6.61 Å². The molecule has 0 saturated carbocycles. The van der Waals surface area contributed by atoms with Crippen LogP contribution in [-0.2, 0) is 4.79 Å². The predicted molar refractivity (Wildman–Crippen MR) is 80.0 cm³/mol. The maximum atomic E-state index is 11.5. The number of hydrogen-bond acceptors (Lipinski definition) is 4. The lowest BCUT2D eigenvalue weighted by atomic mass is 9.97. The van der Waals surface area contributed by atoms with Crippen LogP contribution in [0, 0.1) is 6.92 Å². The molecule has 4 nitrogen and oxygen atoms in total. The fraction of sp³-hybridized carbons (Fsp3) is 0.467. The van der Waals surface area contributed by atoms with Crippen LogP contribution in [0.25, 0.3) is 10.2 Å². The molecule has 1 aliphatic rings. The molecule has 106 valence electrons. The Morgan fingerprint density at radius 1 is 1.45 bits per heavy atom. The molecule has 1 amide bonds. The van der Waals surface area contributed by atoms with Crippen molar-refractivity contribution in [3.8, 4) is 0 Å². The van der Waals surface area contributed by atoms with Crippen molar-refractivity contribution in [2.45, 2.75) is 25.7 Å². The number of aryl methyl sites for hydroxylation is 1. The molecule has 2 heterocycles. The molecular formula is C15H18N2O2S. The number of aromatic nitrogens is 1. The fourth-order valence-corrected chi connectivity index (χ4v) is 3.82. The molecule has 0 spiro atoms. The standard InChI is InChI=1S/C15H18N2O2S/c1-10-2-3-13-12(8-10)16-15(20-13)11-4-6-17(7-5-11)14(19)9-18/h2-3,8,11,18H,4-7,9H2,1H3. The lowest BCUT2D eigenvalue weighted by Gasteiger charge is -2.30. The van der Waals surface area contributed by atoms with Gasteiger partial charge < -0.3 is 10.0 Å². The van der Waals surface area contributed by atoms with Gasteiger partial charge in [0, 0.05) is 19.0 Å². The van der Waals surface area contributed by atoms with Gasteiger partial charge >= 0.3 is 0 Å². The van der Waals surface area contributed by atoms with Gasteiger partial charge in [-0.25, -0.2) is 4.98 Å². The Morgan fingerprint density at radius 2 is 2.20 bits per heavy atom. The van der Waals surface area contributed by atoms with Crippen LogP contribution in [0.5, 0.6) is 0 Å². The minimum Gasteiger partial charge on any atom is -0.387 e. The van der Waals surface area contributed by atoms with Crippen molar-refractivity contribution in [2.24, 2.45) is 0 Å². The van der Waals surface area contributed by atoms with Crippen LogP contribution in [0.4, 0.5) is 0 Å². The highest BCUT2D eigenvalue weighted by atomic mass is 32.1. The van der Waals surface area contributed by atoms with Crippen molar-refractivity contribution in [1.82, 2.24) is 9.88 Å². The summed E-state index contributed by atoms with van der Waals surface area (Å²) < 4.78 is 1.24. The molecular weight excluding hydrogens is 272 g/mol. The summed E-state index contributed by atoms with van der Waals surface area (Å²) in [6.45, 7) is 3.14. The normalized spacial score (nSPS) is 16.8. The number of piperidine rings is 1. The number of thiazole rings is 1. The second kappa shape index (κ2) is 5.50. The van der Waals surface area contributed by atoms with E-state index in [2.05, 4.69) is 25.1 Å². The highest BCUT2D eigenvalue weighted by Gasteiger charge is 2.25. The molecule has 1 saturated heterocycles. The fourth-order valence-electron chi connectivity index (χ4n) is 2.71. The quantitative estimate of drug-likeness (QED) is 0.923. The third kappa shape index (κ3) is 2.55. The smallest absolute Gasteiger partial charge is 0.248 e. The number of nitrogens with zero attached hydrogens (tertiary/aromatic N) is 2. The van der Waals surface area contributed by atoms with Crippen molar-refractivity contribution in [2.75, 3.05) is 19.7 Å². The minimum absolute atomic E-state index is 0.164. The lowest BCUT2D eigenvalue weighted by molar-refractivity contribution is -0.135. The molecule has 0 unspecified atom stereocenters. The maximum absolute atomic E-state index is 11.5. The van der Waals surface area contributed by atoms with Crippen LogP contribution in [0.2, 0.25) is 0 Å². The molecule has 0 aliphatic carbocycles. The van der Waals surface area contributed by atoms with E-state index in [4.69, 9.17) is 10.1 Å². The molecule has 5 heteroatoms. The van der Waals surface area contributed by atoms with Crippen LogP contribution in [0.1, 0.15) is 29.3 Å². The first-order valence-electron chi connectivity index (χ1n) is 6.93. The van der Waals surface area contributed by atoms with Crippen LogP contribution in [0.15, 0.2) is 18.2 Å². The van der Waals surface area contributed by atoms with Crippen molar-refractivity contribution in [3.63, 3.8) is 0 Å². The second-order valence-corrected chi connectivity index (χ2v) is 6.40. The first kappa shape index (κ1) is 13.5. The summed E-state index contributed by atoms with van der Waals surface area (Å²) in [6, 6.07) is 6.38. The Labute approximate surface area is 122 Å². The average molecular weight is 290 g/mol. The van der Waals surface area contributed by atoms with E-state index in [1.807, 2.05) is 0 Å². The van der Waals surface area contributed by atoms with E-state index in [0.717, 1.165) is 31.4 Å². The summed E-state index contributed by atoms with van der Waals surface area (Å²) in [5, 5.41) is 10.1. The zero-order valence-electron chi connectivity index (χ0n) is 11.5. The van der Waals surface area contributed by atoms with Crippen LogP contribution >= 0.6 is 11.3 Å². The van der Waals surface area contributed by atoms with E-state index >= 15 is 0 Å².